The van der Waals surface area contributed by atoms with E-state index in [-0.39, 0.29) is 11.6 Å². The van der Waals surface area contributed by atoms with E-state index in [2.05, 4.69) is 0 Å². The van der Waals surface area contributed by atoms with Crippen LogP contribution in [-0.2, 0) is 0 Å². The standard InChI is InChI=1S/C17H10Cl2O2S/c1-9-15(20)11-4-2-3-5-12(11)16(21)17(9)22-10-6-7-13(18)14(19)8-10/h2-8H,1H3. The van der Waals surface area contributed by atoms with Crippen molar-refractivity contribution in [2.75, 3.05) is 0 Å². The van der Waals surface area contributed by atoms with Crippen molar-refractivity contribution in [1.82, 2.24) is 0 Å². The summed E-state index contributed by atoms with van der Waals surface area (Å²) in [6.45, 7) is 1.68. The SMILES string of the molecule is CC1=C(Sc2ccc(Cl)c(Cl)c2)C(=O)c2ccccc2C1=O. The highest BCUT2D eigenvalue weighted by Crippen LogP contribution is 2.38. The van der Waals surface area contributed by atoms with E-state index in [4.69, 9.17) is 23.2 Å². The van der Waals surface area contributed by atoms with E-state index in [0.29, 0.717) is 31.7 Å². The number of hydrogen-bond acceptors (Lipinski definition) is 3. The van der Waals surface area contributed by atoms with E-state index in [1.54, 1.807) is 49.4 Å². The highest BCUT2D eigenvalue weighted by molar-refractivity contribution is 8.04. The van der Waals surface area contributed by atoms with Gasteiger partial charge in [0.05, 0.1) is 15.0 Å². The van der Waals surface area contributed by atoms with Crippen molar-refractivity contribution in [2.45, 2.75) is 11.8 Å². The molecule has 2 nitrogen and oxygen atoms in total. The molecule has 0 aliphatic heterocycles. The summed E-state index contributed by atoms with van der Waals surface area (Å²) in [4.78, 5) is 26.3. The molecule has 0 radical (unpaired) electrons. The van der Waals surface area contributed by atoms with Crippen LogP contribution in [0.4, 0.5) is 0 Å². The second-order valence-electron chi connectivity index (χ2n) is 4.84. The number of halogens is 2. The first-order chi connectivity index (χ1) is 10.5. The van der Waals surface area contributed by atoms with Crippen LogP contribution in [0.5, 0.6) is 0 Å². The predicted octanol–water partition coefficient (Wildman–Crippen LogP) is 5.44. The molecule has 0 atom stereocenters. The highest BCUT2D eigenvalue weighted by Gasteiger charge is 2.30. The van der Waals surface area contributed by atoms with Gasteiger partial charge in [-0.15, -0.1) is 0 Å². The van der Waals surface area contributed by atoms with Crippen molar-refractivity contribution in [3.63, 3.8) is 0 Å². The first-order valence-corrected chi connectivity index (χ1v) is 8.08. The third-order valence-electron chi connectivity index (χ3n) is 3.41. The summed E-state index contributed by atoms with van der Waals surface area (Å²) >= 11 is 13.1. The minimum Gasteiger partial charge on any atom is -0.289 e. The zero-order valence-electron chi connectivity index (χ0n) is 11.5. The van der Waals surface area contributed by atoms with Crippen LogP contribution in [0.15, 0.2) is 57.8 Å². The minimum atomic E-state index is -0.135. The van der Waals surface area contributed by atoms with Crippen LogP contribution in [0.3, 0.4) is 0 Å². The van der Waals surface area contributed by atoms with E-state index in [0.717, 1.165) is 4.90 Å². The first-order valence-electron chi connectivity index (χ1n) is 6.51. The summed E-state index contributed by atoms with van der Waals surface area (Å²) in [7, 11) is 0. The third kappa shape index (κ3) is 2.60. The Hall–Kier alpha value is -1.55. The number of allylic oxidation sites excluding steroid dienone is 2. The molecule has 22 heavy (non-hydrogen) atoms. The first kappa shape index (κ1) is 15.3. The molecule has 0 spiro atoms. The molecular formula is C17H10Cl2O2S. The van der Waals surface area contributed by atoms with Crippen molar-refractivity contribution >= 4 is 46.5 Å². The van der Waals surface area contributed by atoms with Gasteiger partial charge in [-0.3, -0.25) is 9.59 Å². The van der Waals surface area contributed by atoms with Gasteiger partial charge in [-0.25, -0.2) is 0 Å². The number of Topliss-reactive ketones (excluding diaryl/α,β-unsaturated/α-hetero) is 2. The number of hydrogen-bond donors (Lipinski definition) is 0. The quantitative estimate of drug-likeness (QED) is 0.724. The molecule has 5 heteroatoms. The Labute approximate surface area is 142 Å². The van der Waals surface area contributed by atoms with Gasteiger partial charge in [0.1, 0.15) is 0 Å². The van der Waals surface area contributed by atoms with Crippen LogP contribution in [0, 0.1) is 0 Å². The Morgan fingerprint density at radius 2 is 1.50 bits per heavy atom. The van der Waals surface area contributed by atoms with E-state index in [9.17, 15) is 9.59 Å². The van der Waals surface area contributed by atoms with Gasteiger partial charge in [0.15, 0.2) is 5.78 Å². The number of benzene rings is 2. The topological polar surface area (TPSA) is 34.1 Å². The Balaban J connectivity index is 2.03. The lowest BCUT2D eigenvalue weighted by Crippen LogP contribution is -2.19. The third-order valence-corrected chi connectivity index (χ3v) is 5.34. The molecule has 0 heterocycles. The van der Waals surface area contributed by atoms with Gasteiger partial charge in [0.25, 0.3) is 0 Å². The van der Waals surface area contributed by atoms with Crippen molar-refractivity contribution < 1.29 is 9.59 Å². The summed E-state index contributed by atoms with van der Waals surface area (Å²) in [6.07, 6.45) is 0. The molecule has 0 amide bonds. The summed E-state index contributed by atoms with van der Waals surface area (Å²) in [5, 5.41) is 0.869. The van der Waals surface area contributed by atoms with Crippen molar-refractivity contribution in [3.8, 4) is 0 Å². The maximum Gasteiger partial charge on any atom is 0.200 e. The Bertz CT molecular complexity index is 840. The average molecular weight is 349 g/mol. The molecule has 2 aromatic rings. The van der Waals surface area contributed by atoms with Crippen LogP contribution in [0.2, 0.25) is 10.0 Å². The van der Waals surface area contributed by atoms with Gasteiger partial charge < -0.3 is 0 Å². The Morgan fingerprint density at radius 3 is 2.14 bits per heavy atom. The van der Waals surface area contributed by atoms with Crippen molar-refractivity contribution in [2.24, 2.45) is 0 Å². The Morgan fingerprint density at radius 1 is 0.864 bits per heavy atom. The van der Waals surface area contributed by atoms with E-state index in [1.165, 1.54) is 11.8 Å². The second kappa shape index (κ2) is 5.92. The highest BCUT2D eigenvalue weighted by atomic mass is 35.5. The van der Waals surface area contributed by atoms with Crippen LogP contribution in [0.1, 0.15) is 27.6 Å². The molecule has 0 unspecified atom stereocenters. The fourth-order valence-corrected chi connectivity index (χ4v) is 3.62. The van der Waals surface area contributed by atoms with E-state index < -0.39 is 0 Å². The molecule has 0 N–H and O–H groups in total. The number of thioether (sulfide) groups is 1. The number of carbonyl (C=O) groups is 2. The number of ketones is 2. The molecule has 110 valence electrons. The monoisotopic (exact) mass is 348 g/mol. The molecule has 0 aromatic heterocycles. The minimum absolute atomic E-state index is 0.113. The van der Waals surface area contributed by atoms with Crippen LogP contribution < -0.4 is 0 Å². The molecule has 1 aliphatic rings. The van der Waals surface area contributed by atoms with Crippen molar-refractivity contribution in [1.29, 1.82) is 0 Å². The molecule has 2 aromatic carbocycles. The fraction of sp³-hybridized carbons (Fsp3) is 0.0588. The number of rotatable bonds is 2. The molecule has 0 saturated heterocycles. The van der Waals surface area contributed by atoms with Crippen LogP contribution >= 0.6 is 35.0 Å². The normalized spacial score (nSPS) is 14.3. The smallest absolute Gasteiger partial charge is 0.200 e. The lowest BCUT2D eigenvalue weighted by Gasteiger charge is -2.18. The molecule has 0 fully saturated rings. The zero-order valence-corrected chi connectivity index (χ0v) is 13.9. The predicted molar refractivity (Wildman–Crippen MR) is 90.1 cm³/mol. The van der Waals surface area contributed by atoms with Crippen LogP contribution in [0.25, 0.3) is 0 Å². The molecular weight excluding hydrogens is 339 g/mol. The average Bonchev–Trinajstić information content (AvgIpc) is 2.53. The molecule has 0 saturated carbocycles. The summed E-state index contributed by atoms with van der Waals surface area (Å²) in [6, 6.07) is 12.0. The van der Waals surface area contributed by atoms with Gasteiger partial charge in [0, 0.05) is 21.6 Å². The van der Waals surface area contributed by atoms with Gasteiger partial charge in [-0.1, -0.05) is 59.2 Å². The lowest BCUT2D eigenvalue weighted by atomic mass is 9.90. The molecule has 3 rings (SSSR count). The zero-order chi connectivity index (χ0) is 15.9. The van der Waals surface area contributed by atoms with E-state index >= 15 is 0 Å². The number of carbonyl (C=O) groups excluding carboxylic acids is 2. The molecule has 1 aliphatic carbocycles. The van der Waals surface area contributed by atoms with Gasteiger partial charge >= 0.3 is 0 Å². The van der Waals surface area contributed by atoms with Crippen LogP contribution in [-0.4, -0.2) is 11.6 Å². The van der Waals surface area contributed by atoms with Gasteiger partial charge in [0.2, 0.25) is 5.78 Å². The van der Waals surface area contributed by atoms with E-state index in [1.807, 2.05) is 0 Å². The number of fused-ring (bicyclic) bond motifs is 1. The second-order valence-corrected chi connectivity index (χ2v) is 6.73. The summed E-state index contributed by atoms with van der Waals surface area (Å²) in [5.41, 5.74) is 1.36. The Kier molecular flexibility index (Phi) is 4.13. The maximum absolute atomic E-state index is 12.6. The maximum atomic E-state index is 12.6. The fourth-order valence-electron chi connectivity index (χ4n) is 2.26. The van der Waals surface area contributed by atoms with Gasteiger partial charge in [-0.05, 0) is 25.1 Å². The summed E-state index contributed by atoms with van der Waals surface area (Å²) in [5.74, 6) is -0.249. The molecule has 0 bridgehead atoms. The summed E-state index contributed by atoms with van der Waals surface area (Å²) < 4.78 is 0. The lowest BCUT2D eigenvalue weighted by molar-refractivity contribution is 0.0981. The van der Waals surface area contributed by atoms with Gasteiger partial charge in [-0.2, -0.15) is 0 Å². The largest absolute Gasteiger partial charge is 0.289 e. The van der Waals surface area contributed by atoms with Crippen molar-refractivity contribution in [3.05, 3.63) is 74.1 Å².